The largest absolute Gasteiger partial charge is 0.374 e. The molecule has 2 heteroatoms. The van der Waals surface area contributed by atoms with Crippen LogP contribution in [0.25, 0.3) is 0 Å². The normalized spacial score (nSPS) is 17.1. The summed E-state index contributed by atoms with van der Waals surface area (Å²) in [5, 5.41) is 3.38. The van der Waals surface area contributed by atoms with Gasteiger partial charge in [0.1, 0.15) is 0 Å². The summed E-state index contributed by atoms with van der Waals surface area (Å²) in [6.07, 6.45) is 4.12. The third kappa shape index (κ3) is 2.94. The van der Waals surface area contributed by atoms with Crippen molar-refractivity contribution < 1.29 is 0 Å². The molecule has 0 radical (unpaired) electrons. The molecule has 2 rings (SSSR count). The van der Waals surface area contributed by atoms with Gasteiger partial charge in [-0.05, 0) is 51.8 Å². The summed E-state index contributed by atoms with van der Waals surface area (Å²) in [7, 11) is 4.32. The number of nitrogens with one attached hydrogen (secondary N) is 1. The van der Waals surface area contributed by atoms with Crippen molar-refractivity contribution >= 4 is 5.69 Å². The van der Waals surface area contributed by atoms with E-state index < -0.39 is 0 Å². The standard InChI is InChI=1S/C17H28N2/c1-13-9-14(2)16(15(3)10-13)19(5)12-17(11-18-4)7-6-8-17/h9-10,18H,6-8,11-12H2,1-5H3. The number of rotatable bonds is 5. The predicted molar refractivity (Wildman–Crippen MR) is 84.1 cm³/mol. The van der Waals surface area contributed by atoms with Gasteiger partial charge in [-0.3, -0.25) is 0 Å². The molecule has 1 aliphatic rings. The number of hydrogen-bond acceptors (Lipinski definition) is 2. The van der Waals surface area contributed by atoms with Crippen LogP contribution in [0.5, 0.6) is 0 Å². The first-order valence-corrected chi connectivity index (χ1v) is 7.41. The van der Waals surface area contributed by atoms with Crippen molar-refractivity contribution in [2.75, 3.05) is 32.1 Å². The maximum absolute atomic E-state index is 3.38. The average molecular weight is 260 g/mol. The Bertz CT molecular complexity index is 424. The minimum Gasteiger partial charge on any atom is -0.374 e. The lowest BCUT2D eigenvalue weighted by molar-refractivity contribution is 0.143. The van der Waals surface area contributed by atoms with Gasteiger partial charge in [0.05, 0.1) is 0 Å². The van der Waals surface area contributed by atoms with E-state index in [0.29, 0.717) is 5.41 Å². The first-order valence-electron chi connectivity index (χ1n) is 7.41. The van der Waals surface area contributed by atoms with E-state index in [0.717, 1.165) is 6.54 Å². The zero-order valence-corrected chi connectivity index (χ0v) is 13.1. The molecule has 1 aliphatic carbocycles. The lowest BCUT2D eigenvalue weighted by atomic mass is 9.68. The van der Waals surface area contributed by atoms with E-state index in [2.05, 4.69) is 57.2 Å². The van der Waals surface area contributed by atoms with E-state index in [1.807, 2.05) is 0 Å². The van der Waals surface area contributed by atoms with Gasteiger partial charge in [0.15, 0.2) is 0 Å². The fourth-order valence-electron chi connectivity index (χ4n) is 3.80. The summed E-state index contributed by atoms with van der Waals surface area (Å²) >= 11 is 0. The lowest BCUT2D eigenvalue weighted by Gasteiger charge is -2.45. The summed E-state index contributed by atoms with van der Waals surface area (Å²) < 4.78 is 0. The van der Waals surface area contributed by atoms with Crippen LogP contribution in [0.4, 0.5) is 5.69 Å². The van der Waals surface area contributed by atoms with E-state index >= 15 is 0 Å². The first-order chi connectivity index (χ1) is 8.97. The van der Waals surface area contributed by atoms with Crippen LogP contribution in [0.1, 0.15) is 36.0 Å². The molecule has 2 nitrogen and oxygen atoms in total. The molecule has 0 heterocycles. The van der Waals surface area contributed by atoms with Gasteiger partial charge in [-0.1, -0.05) is 24.1 Å². The van der Waals surface area contributed by atoms with Crippen molar-refractivity contribution in [2.45, 2.75) is 40.0 Å². The van der Waals surface area contributed by atoms with E-state index in [9.17, 15) is 0 Å². The Labute approximate surface area is 118 Å². The van der Waals surface area contributed by atoms with Crippen molar-refractivity contribution in [1.29, 1.82) is 0 Å². The summed E-state index contributed by atoms with van der Waals surface area (Å²) in [4.78, 5) is 2.47. The fraction of sp³-hybridized carbons (Fsp3) is 0.647. The molecule has 1 aromatic carbocycles. The Morgan fingerprint density at radius 1 is 1.16 bits per heavy atom. The molecule has 106 valence electrons. The Kier molecular flexibility index (Phi) is 4.19. The monoisotopic (exact) mass is 260 g/mol. The van der Waals surface area contributed by atoms with Gasteiger partial charge in [-0.25, -0.2) is 0 Å². The van der Waals surface area contributed by atoms with E-state index in [-0.39, 0.29) is 0 Å². The number of anilines is 1. The Morgan fingerprint density at radius 3 is 2.16 bits per heavy atom. The second kappa shape index (κ2) is 5.54. The zero-order chi connectivity index (χ0) is 14.0. The summed E-state index contributed by atoms with van der Waals surface area (Å²) in [6, 6.07) is 4.59. The van der Waals surface area contributed by atoms with Crippen LogP contribution in [0.2, 0.25) is 0 Å². The van der Waals surface area contributed by atoms with Crippen molar-refractivity contribution in [3.05, 3.63) is 28.8 Å². The first kappa shape index (κ1) is 14.4. The summed E-state index contributed by atoms with van der Waals surface area (Å²) in [5.74, 6) is 0. The topological polar surface area (TPSA) is 15.3 Å². The van der Waals surface area contributed by atoms with E-state index in [1.165, 1.54) is 48.2 Å². The molecule has 0 saturated heterocycles. The van der Waals surface area contributed by atoms with Gasteiger partial charge in [-0.2, -0.15) is 0 Å². The number of hydrogen-bond donors (Lipinski definition) is 1. The Balaban J connectivity index is 2.18. The Hall–Kier alpha value is -1.02. The molecule has 1 N–H and O–H groups in total. The van der Waals surface area contributed by atoms with Crippen LogP contribution in [0.15, 0.2) is 12.1 Å². The van der Waals surface area contributed by atoms with E-state index in [1.54, 1.807) is 0 Å². The minimum absolute atomic E-state index is 0.493. The Morgan fingerprint density at radius 2 is 1.74 bits per heavy atom. The van der Waals surface area contributed by atoms with Crippen molar-refractivity contribution in [3.8, 4) is 0 Å². The van der Waals surface area contributed by atoms with Gasteiger partial charge in [0, 0.05) is 31.2 Å². The van der Waals surface area contributed by atoms with Gasteiger partial charge >= 0.3 is 0 Å². The molecular formula is C17H28N2. The zero-order valence-electron chi connectivity index (χ0n) is 13.1. The van der Waals surface area contributed by atoms with Crippen LogP contribution < -0.4 is 10.2 Å². The SMILES string of the molecule is CNCC1(CN(C)c2c(C)cc(C)cc2C)CCC1. The molecule has 0 atom stereocenters. The minimum atomic E-state index is 0.493. The molecule has 1 fully saturated rings. The molecule has 0 amide bonds. The number of benzene rings is 1. The molecule has 0 spiro atoms. The summed E-state index contributed by atoms with van der Waals surface area (Å²) in [5.41, 5.74) is 6.08. The molecule has 0 aromatic heterocycles. The van der Waals surface area contributed by atoms with Crippen molar-refractivity contribution in [1.82, 2.24) is 5.32 Å². The van der Waals surface area contributed by atoms with Gasteiger partial charge < -0.3 is 10.2 Å². The maximum Gasteiger partial charge on any atom is 0.0423 e. The molecule has 1 saturated carbocycles. The summed E-state index contributed by atoms with van der Waals surface area (Å²) in [6.45, 7) is 8.95. The quantitative estimate of drug-likeness (QED) is 0.872. The number of aryl methyl sites for hydroxylation is 3. The van der Waals surface area contributed by atoms with Crippen molar-refractivity contribution in [2.24, 2.45) is 5.41 Å². The van der Waals surface area contributed by atoms with Gasteiger partial charge in [0.25, 0.3) is 0 Å². The average Bonchev–Trinajstić information content (AvgIpc) is 2.24. The highest BCUT2D eigenvalue weighted by Crippen LogP contribution is 2.42. The van der Waals surface area contributed by atoms with Crippen molar-refractivity contribution in [3.63, 3.8) is 0 Å². The third-order valence-electron chi connectivity index (χ3n) is 4.56. The van der Waals surface area contributed by atoms with Crippen LogP contribution in [-0.4, -0.2) is 27.2 Å². The molecule has 0 aliphatic heterocycles. The highest BCUT2D eigenvalue weighted by atomic mass is 15.1. The van der Waals surface area contributed by atoms with Crippen LogP contribution >= 0.6 is 0 Å². The van der Waals surface area contributed by atoms with Crippen LogP contribution in [0.3, 0.4) is 0 Å². The van der Waals surface area contributed by atoms with Crippen LogP contribution in [-0.2, 0) is 0 Å². The molecule has 19 heavy (non-hydrogen) atoms. The van der Waals surface area contributed by atoms with Gasteiger partial charge in [-0.15, -0.1) is 0 Å². The second-order valence-electron chi connectivity index (χ2n) is 6.49. The van der Waals surface area contributed by atoms with E-state index in [4.69, 9.17) is 0 Å². The molecule has 1 aromatic rings. The molecule has 0 bridgehead atoms. The number of nitrogens with zero attached hydrogens (tertiary/aromatic N) is 1. The predicted octanol–water partition coefficient (Wildman–Crippen LogP) is 3.44. The van der Waals surface area contributed by atoms with Crippen LogP contribution in [0, 0.1) is 26.2 Å². The lowest BCUT2D eigenvalue weighted by Crippen LogP contribution is -2.47. The smallest absolute Gasteiger partial charge is 0.0423 e. The van der Waals surface area contributed by atoms with Gasteiger partial charge in [0.2, 0.25) is 0 Å². The fourth-order valence-corrected chi connectivity index (χ4v) is 3.80. The maximum atomic E-state index is 3.38. The highest BCUT2D eigenvalue weighted by molar-refractivity contribution is 5.60. The second-order valence-corrected chi connectivity index (χ2v) is 6.49. The molecular weight excluding hydrogens is 232 g/mol. The third-order valence-corrected chi connectivity index (χ3v) is 4.56. The molecule has 0 unspecified atom stereocenters. The highest BCUT2D eigenvalue weighted by Gasteiger charge is 2.37.